The molecule has 0 saturated heterocycles. The molecule has 0 aliphatic heterocycles. The third-order valence-corrected chi connectivity index (χ3v) is 1.86. The highest BCUT2D eigenvalue weighted by Gasteiger charge is 2.11. The van der Waals surface area contributed by atoms with Crippen molar-refractivity contribution in [2.75, 3.05) is 6.61 Å². The maximum atomic E-state index is 10.3. The van der Waals surface area contributed by atoms with Crippen molar-refractivity contribution in [3.05, 3.63) is 24.0 Å². The molecule has 0 bridgehead atoms. The number of carbonyl (C=O) groups is 1. The van der Waals surface area contributed by atoms with Crippen molar-refractivity contribution in [2.45, 2.75) is 25.9 Å². The van der Waals surface area contributed by atoms with Crippen LogP contribution in [0.3, 0.4) is 0 Å². The molecule has 1 N–H and O–H groups in total. The van der Waals surface area contributed by atoms with Gasteiger partial charge in [-0.2, -0.15) is 0 Å². The van der Waals surface area contributed by atoms with Crippen molar-refractivity contribution in [3.63, 3.8) is 0 Å². The number of nitrogens with zero attached hydrogens (tertiary/aromatic N) is 1. The molecule has 1 aromatic heterocycles. The molecule has 82 valence electrons. The number of aromatic nitrogens is 1. The predicted molar refractivity (Wildman–Crippen MR) is 56.0 cm³/mol. The first-order valence-corrected chi connectivity index (χ1v) is 4.78. The number of hydrogen-bond donors (Lipinski definition) is 1. The second-order valence-corrected chi connectivity index (χ2v) is 3.95. The van der Waals surface area contributed by atoms with Gasteiger partial charge in [-0.25, -0.2) is 4.98 Å². The van der Waals surface area contributed by atoms with E-state index in [4.69, 9.17) is 4.74 Å². The molecule has 0 radical (unpaired) electrons. The number of aliphatic hydroxyl groups is 1. The van der Waals surface area contributed by atoms with Gasteiger partial charge in [-0.3, -0.25) is 4.79 Å². The zero-order valence-electron chi connectivity index (χ0n) is 8.93. The van der Waals surface area contributed by atoms with Crippen LogP contribution in [0.15, 0.2) is 18.3 Å². The van der Waals surface area contributed by atoms with Gasteiger partial charge in [0.05, 0.1) is 18.4 Å². The molecule has 1 aromatic rings. The fourth-order valence-electron chi connectivity index (χ4n) is 0.965. The molecule has 1 rings (SSSR count). The van der Waals surface area contributed by atoms with Crippen LogP contribution in [0.1, 0.15) is 30.8 Å². The maximum Gasteiger partial charge on any atom is 0.168 e. The van der Waals surface area contributed by atoms with Gasteiger partial charge in [0.25, 0.3) is 0 Å². The van der Waals surface area contributed by atoms with Crippen molar-refractivity contribution < 1.29 is 14.6 Å². The van der Waals surface area contributed by atoms with E-state index in [1.807, 2.05) is 0 Å². The van der Waals surface area contributed by atoms with Gasteiger partial charge in [0.1, 0.15) is 11.4 Å². The molecule has 1 heterocycles. The molecule has 4 nitrogen and oxygen atoms in total. The molecule has 0 fully saturated rings. The number of carbonyl (C=O) groups excluding carboxylic acids is 1. The molecule has 0 spiro atoms. The Labute approximate surface area is 88.9 Å². The summed E-state index contributed by atoms with van der Waals surface area (Å²) in [5, 5.41) is 9.44. The van der Waals surface area contributed by atoms with E-state index in [0.717, 1.165) is 0 Å². The lowest BCUT2D eigenvalue weighted by Crippen LogP contribution is -2.21. The van der Waals surface area contributed by atoms with Crippen LogP contribution < -0.4 is 4.74 Å². The number of pyridine rings is 1. The van der Waals surface area contributed by atoms with Crippen LogP contribution in [0.25, 0.3) is 0 Å². The van der Waals surface area contributed by atoms with E-state index in [-0.39, 0.29) is 0 Å². The highest BCUT2D eigenvalue weighted by Crippen LogP contribution is 2.11. The molecule has 0 atom stereocenters. The lowest BCUT2D eigenvalue weighted by molar-refractivity contribution is 0.0553. The molecule has 0 unspecified atom stereocenters. The predicted octanol–water partition coefficient (Wildman–Crippen LogP) is 1.43. The van der Waals surface area contributed by atoms with Gasteiger partial charge in [0.2, 0.25) is 0 Å². The normalized spacial score (nSPS) is 11.1. The number of rotatable bonds is 5. The van der Waals surface area contributed by atoms with Gasteiger partial charge in [-0.1, -0.05) is 0 Å². The van der Waals surface area contributed by atoms with Crippen molar-refractivity contribution in [3.8, 4) is 5.75 Å². The first kappa shape index (κ1) is 11.7. The Morgan fingerprint density at radius 2 is 2.27 bits per heavy atom. The molecular formula is C11H15NO3. The van der Waals surface area contributed by atoms with E-state index in [2.05, 4.69) is 4.98 Å². The SMILES string of the molecule is CC(C)(O)CCOc1ccc(C=O)nc1. The molecule has 0 aliphatic carbocycles. The number of hydrogen-bond acceptors (Lipinski definition) is 4. The topological polar surface area (TPSA) is 59.4 Å². The van der Waals surface area contributed by atoms with Gasteiger partial charge < -0.3 is 9.84 Å². The van der Waals surface area contributed by atoms with Crippen LogP contribution in [0.4, 0.5) is 0 Å². The standard InChI is InChI=1S/C11H15NO3/c1-11(2,14)5-6-15-10-4-3-9(8-13)12-7-10/h3-4,7-8,14H,5-6H2,1-2H3. The summed E-state index contributed by atoms with van der Waals surface area (Å²) < 4.78 is 5.34. The first-order chi connectivity index (χ1) is 7.01. The van der Waals surface area contributed by atoms with Crippen molar-refractivity contribution >= 4 is 6.29 Å². The molecule has 0 aliphatic rings. The molecule has 4 heteroatoms. The van der Waals surface area contributed by atoms with Gasteiger partial charge >= 0.3 is 0 Å². The minimum Gasteiger partial charge on any atom is -0.492 e. The molecule has 15 heavy (non-hydrogen) atoms. The Morgan fingerprint density at radius 3 is 2.73 bits per heavy atom. The summed E-state index contributed by atoms with van der Waals surface area (Å²) in [6.45, 7) is 3.87. The molecule has 0 amide bonds. The fraction of sp³-hybridized carbons (Fsp3) is 0.455. The van der Waals surface area contributed by atoms with Crippen molar-refractivity contribution in [2.24, 2.45) is 0 Å². The zero-order valence-corrected chi connectivity index (χ0v) is 8.93. The van der Waals surface area contributed by atoms with Crippen LogP contribution in [-0.2, 0) is 0 Å². The van der Waals surface area contributed by atoms with Crippen LogP contribution in [0.5, 0.6) is 5.75 Å². The third kappa shape index (κ3) is 4.56. The Morgan fingerprint density at radius 1 is 1.53 bits per heavy atom. The summed E-state index contributed by atoms with van der Waals surface area (Å²) >= 11 is 0. The summed E-state index contributed by atoms with van der Waals surface area (Å²) in [5.74, 6) is 0.602. The highest BCUT2D eigenvalue weighted by molar-refractivity contribution is 5.71. The average Bonchev–Trinajstić information content (AvgIpc) is 2.17. The van der Waals surface area contributed by atoms with Crippen LogP contribution in [-0.4, -0.2) is 28.6 Å². The minimum atomic E-state index is -0.726. The Balaban J connectivity index is 2.41. The van der Waals surface area contributed by atoms with E-state index < -0.39 is 5.60 Å². The van der Waals surface area contributed by atoms with E-state index in [1.165, 1.54) is 6.20 Å². The van der Waals surface area contributed by atoms with E-state index in [0.29, 0.717) is 30.8 Å². The third-order valence-electron chi connectivity index (χ3n) is 1.86. The van der Waals surface area contributed by atoms with E-state index in [9.17, 15) is 9.90 Å². The average molecular weight is 209 g/mol. The Kier molecular flexibility index (Phi) is 3.80. The maximum absolute atomic E-state index is 10.3. The van der Waals surface area contributed by atoms with Gasteiger partial charge in [0, 0.05) is 6.42 Å². The first-order valence-electron chi connectivity index (χ1n) is 4.78. The second kappa shape index (κ2) is 4.89. The Hall–Kier alpha value is -1.42. The number of ether oxygens (including phenoxy) is 1. The van der Waals surface area contributed by atoms with Crippen LogP contribution >= 0.6 is 0 Å². The van der Waals surface area contributed by atoms with E-state index in [1.54, 1.807) is 26.0 Å². The summed E-state index contributed by atoms with van der Waals surface area (Å²) in [6.07, 6.45) is 2.72. The summed E-state index contributed by atoms with van der Waals surface area (Å²) in [6, 6.07) is 3.27. The van der Waals surface area contributed by atoms with Gasteiger partial charge in [0.15, 0.2) is 6.29 Å². The minimum absolute atomic E-state index is 0.379. The zero-order chi connectivity index (χ0) is 11.3. The summed E-state index contributed by atoms with van der Waals surface area (Å²) in [7, 11) is 0. The fourth-order valence-corrected chi connectivity index (χ4v) is 0.965. The van der Waals surface area contributed by atoms with Gasteiger partial charge in [-0.05, 0) is 26.0 Å². The van der Waals surface area contributed by atoms with Crippen LogP contribution in [0.2, 0.25) is 0 Å². The van der Waals surface area contributed by atoms with Crippen molar-refractivity contribution in [1.82, 2.24) is 4.98 Å². The quantitative estimate of drug-likeness (QED) is 0.745. The molecule has 0 aromatic carbocycles. The lowest BCUT2D eigenvalue weighted by Gasteiger charge is -2.16. The molecular weight excluding hydrogens is 194 g/mol. The van der Waals surface area contributed by atoms with Crippen molar-refractivity contribution in [1.29, 1.82) is 0 Å². The largest absolute Gasteiger partial charge is 0.492 e. The van der Waals surface area contributed by atoms with E-state index >= 15 is 0 Å². The molecule has 0 saturated carbocycles. The summed E-state index contributed by atoms with van der Waals surface area (Å²) in [5.41, 5.74) is -0.347. The smallest absolute Gasteiger partial charge is 0.168 e. The number of aldehydes is 1. The van der Waals surface area contributed by atoms with Crippen LogP contribution in [0, 0.1) is 0 Å². The highest BCUT2D eigenvalue weighted by atomic mass is 16.5. The van der Waals surface area contributed by atoms with Gasteiger partial charge in [-0.15, -0.1) is 0 Å². The Bertz CT molecular complexity index is 314. The monoisotopic (exact) mass is 209 g/mol. The summed E-state index contributed by atoms with van der Waals surface area (Å²) in [4.78, 5) is 14.2. The second-order valence-electron chi connectivity index (χ2n) is 3.95. The lowest BCUT2D eigenvalue weighted by atomic mass is 10.1.